The van der Waals surface area contributed by atoms with Crippen LogP contribution < -0.4 is 0 Å². The zero-order valence-corrected chi connectivity index (χ0v) is 20.2. The van der Waals surface area contributed by atoms with E-state index < -0.39 is 23.5 Å². The third-order valence-corrected chi connectivity index (χ3v) is 6.82. The second kappa shape index (κ2) is 9.77. The van der Waals surface area contributed by atoms with Crippen molar-refractivity contribution in [2.75, 3.05) is 7.11 Å². The smallest absolute Gasteiger partial charge is 0.330 e. The lowest BCUT2D eigenvalue weighted by Crippen LogP contribution is -2.58. The van der Waals surface area contributed by atoms with Crippen molar-refractivity contribution in [1.29, 1.82) is 0 Å². The van der Waals surface area contributed by atoms with Crippen LogP contribution in [0.15, 0.2) is 95.8 Å². The maximum Gasteiger partial charge on any atom is 0.330 e. The van der Waals surface area contributed by atoms with Gasteiger partial charge >= 0.3 is 5.97 Å². The zero-order chi connectivity index (χ0) is 25.1. The van der Waals surface area contributed by atoms with Crippen LogP contribution in [-0.4, -0.2) is 47.2 Å². The zero-order valence-electron chi connectivity index (χ0n) is 20.2. The second-order valence-corrected chi connectivity index (χ2v) is 9.25. The molecule has 1 aromatic heterocycles. The average molecular weight is 482 g/mol. The Morgan fingerprint density at radius 2 is 1.69 bits per heavy atom. The molecule has 0 saturated carbocycles. The summed E-state index contributed by atoms with van der Waals surface area (Å²) in [6, 6.07) is 23.7. The van der Waals surface area contributed by atoms with Gasteiger partial charge in [-0.25, -0.2) is 4.79 Å². The number of benzene rings is 2. The van der Waals surface area contributed by atoms with Crippen LogP contribution in [0.25, 0.3) is 6.08 Å². The first-order valence-corrected chi connectivity index (χ1v) is 11.9. The van der Waals surface area contributed by atoms with Crippen molar-refractivity contribution in [2.24, 2.45) is 10.6 Å². The molecule has 3 heterocycles. The maximum absolute atomic E-state index is 13.8. The Balaban J connectivity index is 1.48. The number of β-lactam (4-membered cyclic amide) rings is 1. The third kappa shape index (κ3) is 4.28. The molecular weight excluding hydrogens is 454 g/mol. The summed E-state index contributed by atoms with van der Waals surface area (Å²) >= 11 is 0. The Morgan fingerprint density at radius 1 is 1.06 bits per heavy atom. The standard InChI is InChI=1S/C29H27N3O4/c1-29(19-31-35-2)18-24-23(17-22-15-9-10-16-30-22)27(33)32(24)26(29)28(34)36-25(20-11-5-3-6-12-20)21-13-7-4-8-14-21/h3-17,19,24-26H,18H2,1-2H3/b23-17+,31-19+/t24?,26-,29-/m0/s1. The molecule has 0 bridgehead atoms. The molecule has 2 fully saturated rings. The molecule has 7 heteroatoms. The number of hydrogen-bond acceptors (Lipinski definition) is 6. The van der Waals surface area contributed by atoms with E-state index in [9.17, 15) is 9.59 Å². The van der Waals surface area contributed by atoms with E-state index in [1.54, 1.807) is 23.4 Å². The van der Waals surface area contributed by atoms with Gasteiger partial charge in [0.2, 0.25) is 0 Å². The summed E-state index contributed by atoms with van der Waals surface area (Å²) in [6.07, 6.45) is 5.00. The molecule has 0 spiro atoms. The minimum atomic E-state index is -0.843. The van der Waals surface area contributed by atoms with Crippen molar-refractivity contribution in [3.8, 4) is 0 Å². The van der Waals surface area contributed by atoms with Gasteiger partial charge in [0.1, 0.15) is 13.2 Å². The second-order valence-electron chi connectivity index (χ2n) is 9.25. The summed E-state index contributed by atoms with van der Waals surface area (Å²) in [5.74, 6) is -0.677. The summed E-state index contributed by atoms with van der Waals surface area (Å²) < 4.78 is 6.17. The van der Waals surface area contributed by atoms with Crippen LogP contribution in [0.1, 0.15) is 36.3 Å². The summed E-state index contributed by atoms with van der Waals surface area (Å²) in [4.78, 5) is 38.0. The number of fused-ring (bicyclic) bond motifs is 1. The molecule has 0 aliphatic carbocycles. The van der Waals surface area contributed by atoms with Gasteiger partial charge in [0, 0.05) is 17.2 Å². The van der Waals surface area contributed by atoms with Gasteiger partial charge in [-0.2, -0.15) is 0 Å². The molecule has 1 unspecified atom stereocenters. The number of pyridine rings is 1. The highest BCUT2D eigenvalue weighted by atomic mass is 16.6. The van der Waals surface area contributed by atoms with Gasteiger partial charge < -0.3 is 14.5 Å². The van der Waals surface area contributed by atoms with E-state index in [4.69, 9.17) is 9.57 Å². The number of esters is 1. The van der Waals surface area contributed by atoms with Crippen molar-refractivity contribution in [3.05, 3.63) is 107 Å². The number of hydrogen-bond donors (Lipinski definition) is 0. The quantitative estimate of drug-likeness (QED) is 0.164. The van der Waals surface area contributed by atoms with Gasteiger partial charge in [0.05, 0.1) is 18.0 Å². The minimum absolute atomic E-state index is 0.196. The van der Waals surface area contributed by atoms with Crippen LogP contribution in [0.2, 0.25) is 0 Å². The fourth-order valence-electron chi connectivity index (χ4n) is 5.09. The van der Waals surface area contributed by atoms with E-state index in [1.807, 2.05) is 85.8 Å². The van der Waals surface area contributed by atoms with E-state index in [-0.39, 0.29) is 11.9 Å². The van der Waals surface area contributed by atoms with E-state index in [0.717, 1.165) is 11.1 Å². The molecule has 36 heavy (non-hydrogen) atoms. The van der Waals surface area contributed by atoms with Crippen LogP contribution >= 0.6 is 0 Å². The first kappa shape index (κ1) is 23.5. The van der Waals surface area contributed by atoms with Crippen molar-refractivity contribution in [2.45, 2.75) is 31.5 Å². The number of aromatic nitrogens is 1. The number of nitrogens with zero attached hydrogens (tertiary/aromatic N) is 3. The van der Waals surface area contributed by atoms with Crippen molar-refractivity contribution < 1.29 is 19.2 Å². The summed E-state index contributed by atoms with van der Waals surface area (Å²) in [5, 5.41) is 3.98. The Bertz CT molecular complexity index is 1250. The van der Waals surface area contributed by atoms with Crippen LogP contribution in [0.3, 0.4) is 0 Å². The number of amides is 1. The Morgan fingerprint density at radius 3 is 2.28 bits per heavy atom. The number of oxime groups is 1. The van der Waals surface area contributed by atoms with Gasteiger partial charge in [-0.05, 0) is 35.8 Å². The average Bonchev–Trinajstić information content (AvgIpc) is 3.20. The highest BCUT2D eigenvalue weighted by Gasteiger charge is 2.62. The van der Waals surface area contributed by atoms with Crippen molar-refractivity contribution in [1.82, 2.24) is 9.88 Å². The SMILES string of the molecule is CO/N=C/[C@]1(C)CC2/C(=C\c3ccccn3)C(=O)N2[C@H]1C(=O)OC(c1ccccc1)c1ccccc1. The fourth-order valence-corrected chi connectivity index (χ4v) is 5.09. The first-order valence-electron chi connectivity index (χ1n) is 11.9. The molecule has 0 N–H and O–H groups in total. The molecule has 7 nitrogen and oxygen atoms in total. The molecular formula is C29H27N3O4. The molecule has 2 aliphatic heterocycles. The van der Waals surface area contributed by atoms with Crippen molar-refractivity contribution in [3.63, 3.8) is 0 Å². The van der Waals surface area contributed by atoms with Crippen LogP contribution in [-0.2, 0) is 19.2 Å². The lowest BCUT2D eigenvalue weighted by Gasteiger charge is -2.41. The molecule has 182 valence electrons. The Labute approximate surface area is 210 Å². The Kier molecular flexibility index (Phi) is 6.38. The largest absolute Gasteiger partial charge is 0.451 e. The highest BCUT2D eigenvalue weighted by molar-refractivity contribution is 6.09. The normalized spacial score (nSPS) is 24.1. The van der Waals surface area contributed by atoms with E-state index in [0.29, 0.717) is 17.7 Å². The molecule has 3 atom stereocenters. The topological polar surface area (TPSA) is 81.1 Å². The maximum atomic E-state index is 13.8. The molecule has 1 amide bonds. The lowest BCUT2D eigenvalue weighted by atomic mass is 9.82. The van der Waals surface area contributed by atoms with Gasteiger partial charge in [0.15, 0.2) is 6.10 Å². The summed E-state index contributed by atoms with van der Waals surface area (Å²) in [6.45, 7) is 1.91. The number of carbonyl (C=O) groups excluding carboxylic acids is 2. The highest BCUT2D eigenvalue weighted by Crippen LogP contribution is 2.49. The first-order chi connectivity index (χ1) is 17.5. The van der Waals surface area contributed by atoms with Gasteiger partial charge in [0.25, 0.3) is 5.91 Å². The molecule has 2 aliphatic rings. The van der Waals surface area contributed by atoms with Crippen LogP contribution in [0, 0.1) is 5.41 Å². The van der Waals surface area contributed by atoms with Crippen molar-refractivity contribution >= 4 is 24.2 Å². The third-order valence-electron chi connectivity index (χ3n) is 6.82. The molecule has 2 saturated heterocycles. The van der Waals surface area contributed by atoms with E-state index in [2.05, 4.69) is 10.1 Å². The summed E-state index contributed by atoms with van der Waals surface area (Å²) in [5.41, 5.74) is 2.26. The lowest BCUT2D eigenvalue weighted by molar-refractivity contribution is -0.161. The monoisotopic (exact) mass is 481 g/mol. The Hall–Kier alpha value is -4.26. The number of carbonyl (C=O) groups is 2. The predicted octanol–water partition coefficient (Wildman–Crippen LogP) is 4.42. The van der Waals surface area contributed by atoms with Gasteiger partial charge in [-0.1, -0.05) is 78.8 Å². The van der Waals surface area contributed by atoms with E-state index in [1.165, 1.54) is 7.11 Å². The van der Waals surface area contributed by atoms with E-state index >= 15 is 0 Å². The van der Waals surface area contributed by atoms with Crippen LogP contribution in [0.5, 0.6) is 0 Å². The molecule has 5 rings (SSSR count). The number of rotatable bonds is 7. The summed E-state index contributed by atoms with van der Waals surface area (Å²) in [7, 11) is 1.45. The predicted molar refractivity (Wildman–Crippen MR) is 136 cm³/mol. The molecule has 0 radical (unpaired) electrons. The number of ether oxygens (including phenoxy) is 1. The molecule has 2 aromatic carbocycles. The molecule has 3 aromatic rings. The minimum Gasteiger partial charge on any atom is -0.451 e. The van der Waals surface area contributed by atoms with Crippen LogP contribution in [0.4, 0.5) is 0 Å². The van der Waals surface area contributed by atoms with Gasteiger partial charge in [-0.3, -0.25) is 9.78 Å². The van der Waals surface area contributed by atoms with Gasteiger partial charge in [-0.15, -0.1) is 0 Å². The fraction of sp³-hybridized carbons (Fsp3) is 0.241.